The molecule has 3 aromatic rings. The minimum Gasteiger partial charge on any atom is -0.350 e. The molecule has 0 atom stereocenters. The van der Waals surface area contributed by atoms with Gasteiger partial charge >= 0.3 is 0 Å². The van der Waals surface area contributed by atoms with Gasteiger partial charge in [-0.3, -0.25) is 14.2 Å². The number of hydrogen-bond acceptors (Lipinski definition) is 6. The molecule has 0 aliphatic carbocycles. The minimum atomic E-state index is -0.0580. The van der Waals surface area contributed by atoms with Gasteiger partial charge in [-0.1, -0.05) is 31.7 Å². The summed E-state index contributed by atoms with van der Waals surface area (Å²) in [7, 11) is 0. The van der Waals surface area contributed by atoms with Crippen LogP contribution in [0.2, 0.25) is 0 Å². The summed E-state index contributed by atoms with van der Waals surface area (Å²) >= 11 is 4.49. The fraction of sp³-hybridized carbons (Fsp3) is 0.421. The Balaban J connectivity index is 1.81. The predicted molar refractivity (Wildman–Crippen MR) is 115 cm³/mol. The van der Waals surface area contributed by atoms with Crippen LogP contribution in [0.15, 0.2) is 27.5 Å². The van der Waals surface area contributed by atoms with Crippen LogP contribution in [-0.4, -0.2) is 21.2 Å². The first-order valence-electron chi connectivity index (χ1n) is 8.79. The molecule has 27 heavy (non-hydrogen) atoms. The van der Waals surface area contributed by atoms with Crippen LogP contribution in [0.1, 0.15) is 29.2 Å². The van der Waals surface area contributed by atoms with Gasteiger partial charge in [-0.15, -0.1) is 22.7 Å². The van der Waals surface area contributed by atoms with E-state index in [1.54, 1.807) is 27.2 Å². The van der Waals surface area contributed by atoms with E-state index in [1.807, 2.05) is 31.4 Å². The zero-order valence-corrected chi connectivity index (χ0v) is 18.3. The molecule has 0 spiro atoms. The van der Waals surface area contributed by atoms with Crippen molar-refractivity contribution in [1.29, 1.82) is 0 Å². The van der Waals surface area contributed by atoms with E-state index in [9.17, 15) is 9.59 Å². The number of amides is 1. The maximum absolute atomic E-state index is 13.1. The van der Waals surface area contributed by atoms with E-state index in [0.29, 0.717) is 29.6 Å². The molecule has 0 saturated heterocycles. The molecule has 0 saturated carbocycles. The summed E-state index contributed by atoms with van der Waals surface area (Å²) in [4.78, 5) is 33.0. The Hall–Kier alpha value is -1.64. The SMILES string of the molecule is Cc1sc2nc(SCC(=O)NCc3cccs3)n(CC(C)C)c(=O)c2c1C. The quantitative estimate of drug-likeness (QED) is 0.459. The standard InChI is InChI=1S/C19H23N3O2S3/c1-11(2)9-22-18(24)16-12(3)13(4)27-17(16)21-19(22)26-10-15(23)20-8-14-6-5-7-25-14/h5-7,11H,8-10H2,1-4H3,(H,20,23). The Morgan fingerprint density at radius 3 is 2.81 bits per heavy atom. The minimum absolute atomic E-state index is 0.00274. The van der Waals surface area contributed by atoms with Crippen molar-refractivity contribution in [2.24, 2.45) is 5.92 Å². The molecular formula is C19H23N3O2S3. The number of aromatic nitrogens is 2. The van der Waals surface area contributed by atoms with Crippen molar-refractivity contribution in [3.63, 3.8) is 0 Å². The first-order chi connectivity index (χ1) is 12.9. The van der Waals surface area contributed by atoms with Crippen LogP contribution in [0.4, 0.5) is 0 Å². The molecule has 5 nitrogen and oxygen atoms in total. The molecule has 144 valence electrons. The molecule has 3 aromatic heterocycles. The Kier molecular flexibility index (Phi) is 6.39. The Bertz CT molecular complexity index is 1000. The molecule has 8 heteroatoms. The van der Waals surface area contributed by atoms with Crippen molar-refractivity contribution >= 4 is 50.6 Å². The summed E-state index contributed by atoms with van der Waals surface area (Å²) in [5.74, 6) is 0.497. The summed E-state index contributed by atoms with van der Waals surface area (Å²) < 4.78 is 1.73. The van der Waals surface area contributed by atoms with E-state index in [4.69, 9.17) is 4.98 Å². The van der Waals surface area contributed by atoms with Crippen LogP contribution in [0.3, 0.4) is 0 Å². The van der Waals surface area contributed by atoms with Gasteiger partial charge in [0.05, 0.1) is 17.7 Å². The van der Waals surface area contributed by atoms with Gasteiger partial charge in [0.25, 0.3) is 5.56 Å². The zero-order chi connectivity index (χ0) is 19.6. The van der Waals surface area contributed by atoms with Crippen molar-refractivity contribution in [3.8, 4) is 0 Å². The van der Waals surface area contributed by atoms with E-state index in [-0.39, 0.29) is 17.2 Å². The highest BCUT2D eigenvalue weighted by molar-refractivity contribution is 7.99. The second-order valence-corrected chi connectivity index (χ2v) is 9.99. The Labute approximate surface area is 170 Å². The normalized spacial score (nSPS) is 11.4. The molecule has 0 aliphatic heterocycles. The van der Waals surface area contributed by atoms with Crippen LogP contribution in [0.25, 0.3) is 10.2 Å². The number of carbonyl (C=O) groups excluding carboxylic acids is 1. The first-order valence-corrected chi connectivity index (χ1v) is 11.5. The molecule has 3 heterocycles. The molecule has 0 aromatic carbocycles. The molecule has 0 radical (unpaired) electrons. The number of aryl methyl sites for hydroxylation is 2. The maximum Gasteiger partial charge on any atom is 0.263 e. The van der Waals surface area contributed by atoms with E-state index in [0.717, 1.165) is 20.1 Å². The maximum atomic E-state index is 13.1. The topological polar surface area (TPSA) is 64.0 Å². The van der Waals surface area contributed by atoms with E-state index in [2.05, 4.69) is 19.2 Å². The van der Waals surface area contributed by atoms with Crippen LogP contribution >= 0.6 is 34.4 Å². The number of nitrogens with zero attached hydrogens (tertiary/aromatic N) is 2. The lowest BCUT2D eigenvalue weighted by Crippen LogP contribution is -2.27. The smallest absolute Gasteiger partial charge is 0.263 e. The number of thioether (sulfide) groups is 1. The van der Waals surface area contributed by atoms with Crippen LogP contribution in [-0.2, 0) is 17.9 Å². The van der Waals surface area contributed by atoms with Gasteiger partial charge < -0.3 is 5.32 Å². The lowest BCUT2D eigenvalue weighted by molar-refractivity contribution is -0.118. The molecule has 1 N–H and O–H groups in total. The van der Waals surface area contributed by atoms with Crippen LogP contribution in [0.5, 0.6) is 0 Å². The fourth-order valence-electron chi connectivity index (χ4n) is 2.73. The fourth-order valence-corrected chi connectivity index (χ4v) is 5.28. The van der Waals surface area contributed by atoms with Crippen molar-refractivity contribution in [3.05, 3.63) is 43.2 Å². The summed E-state index contributed by atoms with van der Waals surface area (Å²) in [6, 6.07) is 3.96. The van der Waals surface area contributed by atoms with Crippen molar-refractivity contribution in [1.82, 2.24) is 14.9 Å². The largest absolute Gasteiger partial charge is 0.350 e. The number of thiophene rings is 2. The van der Waals surface area contributed by atoms with Gasteiger partial charge in [0.1, 0.15) is 4.83 Å². The van der Waals surface area contributed by atoms with E-state index in [1.165, 1.54) is 11.8 Å². The van der Waals surface area contributed by atoms with Gasteiger partial charge in [-0.25, -0.2) is 4.98 Å². The highest BCUT2D eigenvalue weighted by Crippen LogP contribution is 2.28. The highest BCUT2D eigenvalue weighted by atomic mass is 32.2. The summed E-state index contributed by atoms with van der Waals surface area (Å²) in [5.41, 5.74) is 1.01. The predicted octanol–water partition coefficient (Wildman–Crippen LogP) is 4.20. The second-order valence-electron chi connectivity index (χ2n) is 6.81. The van der Waals surface area contributed by atoms with Crippen LogP contribution < -0.4 is 10.9 Å². The lowest BCUT2D eigenvalue weighted by atomic mass is 10.2. The number of nitrogens with one attached hydrogen (secondary N) is 1. The molecule has 0 fully saturated rings. The number of hydrogen-bond donors (Lipinski definition) is 1. The van der Waals surface area contributed by atoms with E-state index < -0.39 is 0 Å². The average Bonchev–Trinajstić information content (AvgIpc) is 3.22. The number of carbonyl (C=O) groups is 1. The highest BCUT2D eigenvalue weighted by Gasteiger charge is 2.18. The summed E-state index contributed by atoms with van der Waals surface area (Å²) in [6.07, 6.45) is 0. The van der Waals surface area contributed by atoms with Crippen molar-refractivity contribution in [2.45, 2.75) is 45.9 Å². The molecule has 1 amide bonds. The third kappa shape index (κ3) is 4.62. The second kappa shape index (κ2) is 8.58. The molecule has 3 rings (SSSR count). The van der Waals surface area contributed by atoms with Gasteiger partial charge in [0.15, 0.2) is 5.16 Å². The molecule has 0 unspecified atom stereocenters. The average molecular weight is 422 g/mol. The molecule has 0 aliphatic rings. The molecular weight excluding hydrogens is 398 g/mol. The van der Waals surface area contributed by atoms with Gasteiger partial charge in [-0.05, 0) is 36.8 Å². The number of rotatable bonds is 7. The Morgan fingerprint density at radius 1 is 1.37 bits per heavy atom. The zero-order valence-electron chi connectivity index (χ0n) is 15.9. The van der Waals surface area contributed by atoms with Gasteiger partial charge in [0.2, 0.25) is 5.91 Å². The third-order valence-electron chi connectivity index (χ3n) is 4.17. The van der Waals surface area contributed by atoms with E-state index >= 15 is 0 Å². The number of fused-ring (bicyclic) bond motifs is 1. The monoisotopic (exact) mass is 421 g/mol. The van der Waals surface area contributed by atoms with Gasteiger partial charge in [-0.2, -0.15) is 0 Å². The third-order valence-corrected chi connectivity index (χ3v) is 7.13. The Morgan fingerprint density at radius 2 is 2.15 bits per heavy atom. The first kappa shape index (κ1) is 20.1. The lowest BCUT2D eigenvalue weighted by Gasteiger charge is -2.14. The summed E-state index contributed by atoms with van der Waals surface area (Å²) in [6.45, 7) is 9.26. The van der Waals surface area contributed by atoms with Crippen molar-refractivity contribution in [2.75, 3.05) is 5.75 Å². The molecule has 0 bridgehead atoms. The summed E-state index contributed by atoms with van der Waals surface area (Å²) in [5, 5.41) is 6.24. The van der Waals surface area contributed by atoms with Crippen LogP contribution in [0, 0.1) is 19.8 Å². The van der Waals surface area contributed by atoms with Crippen molar-refractivity contribution < 1.29 is 4.79 Å². The van der Waals surface area contributed by atoms with Gasteiger partial charge in [0, 0.05) is 16.3 Å².